The molecule has 0 radical (unpaired) electrons. The zero-order chi connectivity index (χ0) is 20.4. The van der Waals surface area contributed by atoms with E-state index in [1.165, 1.54) is 0 Å². The van der Waals surface area contributed by atoms with Crippen LogP contribution in [0.3, 0.4) is 0 Å². The molecule has 0 spiro atoms. The minimum atomic E-state index is -0.345. The van der Waals surface area contributed by atoms with E-state index in [0.29, 0.717) is 31.2 Å². The van der Waals surface area contributed by atoms with Crippen LogP contribution in [0.25, 0.3) is 0 Å². The second kappa shape index (κ2) is 8.05. The van der Waals surface area contributed by atoms with Gasteiger partial charge in [0.1, 0.15) is 6.04 Å². The van der Waals surface area contributed by atoms with Gasteiger partial charge in [-0.05, 0) is 37.1 Å². The van der Waals surface area contributed by atoms with Crippen LogP contribution in [-0.2, 0) is 17.6 Å². The van der Waals surface area contributed by atoms with Gasteiger partial charge in [-0.3, -0.25) is 4.90 Å². The summed E-state index contributed by atoms with van der Waals surface area (Å²) in [6.45, 7) is 4.53. The normalized spacial score (nSPS) is 15.4. The van der Waals surface area contributed by atoms with Crippen molar-refractivity contribution in [2.24, 2.45) is 0 Å². The van der Waals surface area contributed by atoms with E-state index in [9.17, 15) is 4.79 Å². The summed E-state index contributed by atoms with van der Waals surface area (Å²) >= 11 is 0. The summed E-state index contributed by atoms with van der Waals surface area (Å²) in [5.41, 5.74) is 4.89. The van der Waals surface area contributed by atoms with Crippen molar-refractivity contribution in [1.29, 1.82) is 0 Å². The van der Waals surface area contributed by atoms with Crippen LogP contribution in [0.5, 0.6) is 0 Å². The fraction of sp³-hybridized carbons (Fsp3) is 0.318. The highest BCUT2D eigenvalue weighted by Gasteiger charge is 2.38. The number of nitrogens with one attached hydrogen (secondary N) is 1. The number of carbonyl (C=O) groups excluding carboxylic acids is 1. The number of amides is 2. The molecule has 1 unspecified atom stereocenters. The molecule has 2 amide bonds. The first kappa shape index (κ1) is 19.1. The van der Waals surface area contributed by atoms with Gasteiger partial charge in [-0.2, -0.15) is 4.98 Å². The molecule has 3 aromatic rings. The highest BCUT2D eigenvalue weighted by molar-refractivity contribution is 6.04. The maximum Gasteiger partial charge on any atom is 0.327 e. The van der Waals surface area contributed by atoms with E-state index in [0.717, 1.165) is 28.1 Å². The highest BCUT2D eigenvalue weighted by atomic mass is 16.5. The first-order valence-corrected chi connectivity index (χ1v) is 9.63. The average Bonchev–Trinajstić information content (AvgIpc) is 3.32. The van der Waals surface area contributed by atoms with Gasteiger partial charge >= 0.3 is 6.03 Å². The first-order valence-electron chi connectivity index (χ1n) is 9.63. The zero-order valence-electron chi connectivity index (χ0n) is 16.8. The molecule has 4 rings (SSSR count). The molecule has 7 heteroatoms. The van der Waals surface area contributed by atoms with Gasteiger partial charge in [0.25, 0.3) is 0 Å². The third kappa shape index (κ3) is 3.86. The summed E-state index contributed by atoms with van der Waals surface area (Å²) in [6, 6.07) is 13.3. The van der Waals surface area contributed by atoms with Gasteiger partial charge in [0.2, 0.25) is 5.89 Å². The van der Waals surface area contributed by atoms with Crippen molar-refractivity contribution in [2.45, 2.75) is 32.7 Å². The molecule has 1 aromatic heterocycles. The van der Waals surface area contributed by atoms with Crippen LogP contribution in [0, 0.1) is 13.8 Å². The molecular weight excluding hydrogens is 368 g/mol. The summed E-state index contributed by atoms with van der Waals surface area (Å²) < 4.78 is 10.6. The Bertz CT molecular complexity index is 1030. The summed E-state index contributed by atoms with van der Waals surface area (Å²) in [5, 5.41) is 7.08. The number of rotatable bonds is 5. The van der Waals surface area contributed by atoms with Crippen LogP contribution in [-0.4, -0.2) is 29.9 Å². The molecule has 2 heterocycles. The Balaban J connectivity index is 1.63. The van der Waals surface area contributed by atoms with Crippen molar-refractivity contribution in [3.63, 3.8) is 0 Å². The number of nitrogens with zero attached hydrogens (tertiary/aromatic N) is 3. The number of ether oxygens (including phenoxy) is 1. The average molecular weight is 392 g/mol. The Labute approximate surface area is 169 Å². The smallest absolute Gasteiger partial charge is 0.327 e. The van der Waals surface area contributed by atoms with Gasteiger partial charge in [-0.1, -0.05) is 41.1 Å². The largest absolute Gasteiger partial charge is 0.384 e. The van der Waals surface area contributed by atoms with Crippen LogP contribution < -0.4 is 10.2 Å². The molecule has 0 aliphatic carbocycles. The number of carbonyl (C=O) groups is 1. The van der Waals surface area contributed by atoms with Crippen LogP contribution >= 0.6 is 0 Å². The predicted octanol–water partition coefficient (Wildman–Crippen LogP) is 4.21. The standard InChI is InChI=1S/C22H24N4O3/c1-14-8-9-17(15(2)12-14)23-22(27)26-18-7-5-4-6-16(18)13-19(26)21-24-20(25-29-21)10-11-28-3/h4-9,12,19H,10-11,13H2,1-3H3,(H,23,27). The number of urea groups is 1. The van der Waals surface area contributed by atoms with E-state index in [-0.39, 0.29) is 12.1 Å². The lowest BCUT2D eigenvalue weighted by Gasteiger charge is -2.24. The minimum absolute atomic E-state index is 0.219. The van der Waals surface area contributed by atoms with Gasteiger partial charge in [0.15, 0.2) is 5.82 Å². The van der Waals surface area contributed by atoms with Gasteiger partial charge in [-0.25, -0.2) is 4.79 Å². The topological polar surface area (TPSA) is 80.5 Å². The summed E-state index contributed by atoms with van der Waals surface area (Å²) in [5.74, 6) is 1.01. The van der Waals surface area contributed by atoms with Crippen molar-refractivity contribution >= 4 is 17.4 Å². The first-order chi connectivity index (χ1) is 14.1. The Morgan fingerprint density at radius 1 is 1.28 bits per heavy atom. The van der Waals surface area contributed by atoms with Gasteiger partial charge in [0.05, 0.1) is 6.61 Å². The molecule has 0 bridgehead atoms. The van der Waals surface area contributed by atoms with Crippen LogP contribution in [0.15, 0.2) is 47.0 Å². The molecule has 1 N–H and O–H groups in total. The summed E-state index contributed by atoms with van der Waals surface area (Å²) in [4.78, 5) is 19.5. The Kier molecular flexibility index (Phi) is 5.31. The predicted molar refractivity (Wildman–Crippen MR) is 110 cm³/mol. The van der Waals surface area contributed by atoms with E-state index >= 15 is 0 Å². The van der Waals surface area contributed by atoms with E-state index in [4.69, 9.17) is 9.26 Å². The number of hydrogen-bond acceptors (Lipinski definition) is 5. The number of hydrogen-bond donors (Lipinski definition) is 1. The number of para-hydroxylation sites is 1. The quantitative estimate of drug-likeness (QED) is 0.703. The van der Waals surface area contributed by atoms with E-state index in [2.05, 4.69) is 15.5 Å². The monoisotopic (exact) mass is 392 g/mol. The molecule has 0 saturated heterocycles. The second-order valence-electron chi connectivity index (χ2n) is 7.26. The number of anilines is 2. The zero-order valence-corrected chi connectivity index (χ0v) is 16.8. The Morgan fingerprint density at radius 2 is 2.10 bits per heavy atom. The van der Waals surface area contributed by atoms with Crippen molar-refractivity contribution in [3.05, 3.63) is 70.9 Å². The molecule has 0 saturated carbocycles. The number of benzene rings is 2. The molecular formula is C22H24N4O3. The van der Waals surface area contributed by atoms with E-state index < -0.39 is 0 Å². The molecule has 0 fully saturated rings. The maximum absolute atomic E-state index is 13.3. The Morgan fingerprint density at radius 3 is 2.90 bits per heavy atom. The minimum Gasteiger partial charge on any atom is -0.384 e. The Hall–Kier alpha value is -3.19. The van der Waals surface area contributed by atoms with Crippen LogP contribution in [0.4, 0.5) is 16.2 Å². The SMILES string of the molecule is COCCc1noc(C2Cc3ccccc3N2C(=O)Nc2ccc(C)cc2C)n1. The lowest BCUT2D eigenvalue weighted by molar-refractivity contribution is 0.199. The van der Waals surface area contributed by atoms with Crippen molar-refractivity contribution in [3.8, 4) is 0 Å². The molecule has 150 valence electrons. The van der Waals surface area contributed by atoms with E-state index in [1.807, 2.05) is 56.3 Å². The van der Waals surface area contributed by atoms with Crippen LogP contribution in [0.2, 0.25) is 0 Å². The van der Waals surface area contributed by atoms with E-state index in [1.54, 1.807) is 12.0 Å². The summed E-state index contributed by atoms with van der Waals surface area (Å²) in [6.07, 6.45) is 1.19. The highest BCUT2D eigenvalue weighted by Crippen LogP contribution is 2.40. The fourth-order valence-corrected chi connectivity index (χ4v) is 3.66. The maximum atomic E-state index is 13.3. The summed E-state index contributed by atoms with van der Waals surface area (Å²) in [7, 11) is 1.63. The third-order valence-electron chi connectivity index (χ3n) is 5.12. The number of aromatic nitrogens is 2. The molecule has 1 aliphatic rings. The number of fused-ring (bicyclic) bond motifs is 1. The molecule has 7 nitrogen and oxygen atoms in total. The molecule has 29 heavy (non-hydrogen) atoms. The lowest BCUT2D eigenvalue weighted by atomic mass is 10.1. The number of aryl methyl sites for hydroxylation is 2. The molecule has 2 aromatic carbocycles. The number of methoxy groups -OCH3 is 1. The van der Waals surface area contributed by atoms with Crippen molar-refractivity contribution in [2.75, 3.05) is 23.9 Å². The second-order valence-corrected chi connectivity index (χ2v) is 7.26. The van der Waals surface area contributed by atoms with Crippen LogP contribution in [0.1, 0.15) is 34.4 Å². The van der Waals surface area contributed by atoms with Crippen molar-refractivity contribution < 1.29 is 14.1 Å². The third-order valence-corrected chi connectivity index (χ3v) is 5.12. The van der Waals surface area contributed by atoms with Crippen molar-refractivity contribution in [1.82, 2.24) is 10.1 Å². The van der Waals surface area contributed by atoms with Gasteiger partial charge < -0.3 is 14.6 Å². The van der Waals surface area contributed by atoms with Gasteiger partial charge in [-0.15, -0.1) is 0 Å². The van der Waals surface area contributed by atoms with Gasteiger partial charge in [0, 0.05) is 31.3 Å². The lowest BCUT2D eigenvalue weighted by Crippen LogP contribution is -2.36. The molecule has 1 atom stereocenters. The fourth-order valence-electron chi connectivity index (χ4n) is 3.66. The molecule has 1 aliphatic heterocycles.